The zero-order valence-corrected chi connectivity index (χ0v) is 27.0. The van der Waals surface area contributed by atoms with E-state index in [2.05, 4.69) is 26.8 Å². The van der Waals surface area contributed by atoms with Crippen molar-refractivity contribution in [1.82, 2.24) is 4.90 Å². The second kappa shape index (κ2) is 13.3. The number of rotatable bonds is 9. The summed E-state index contributed by atoms with van der Waals surface area (Å²) in [6.45, 7) is 12.3. The normalized spacial score (nSPS) is 28.4. The van der Waals surface area contributed by atoms with Crippen LogP contribution < -0.4 is 0 Å². The summed E-state index contributed by atoms with van der Waals surface area (Å²) in [5.74, 6) is 0.101. The van der Waals surface area contributed by atoms with Crippen molar-refractivity contribution in [3.05, 3.63) is 52.8 Å². The van der Waals surface area contributed by atoms with E-state index >= 15 is 0 Å². The SMILES string of the molecule is CSc1ccc(C(=O)[C@H]2CN(C(=O)OC3CCC(C)CC3)C[C@@H]2CC2=CC(C)=C(OC(C)(C)C(=O)O)C(C)C2C)cc1. The molecule has 4 atom stereocenters. The maximum atomic E-state index is 13.9. The Balaban J connectivity index is 1.56. The van der Waals surface area contributed by atoms with E-state index in [1.54, 1.807) is 30.5 Å². The monoisotopic (exact) mass is 597 g/mol. The summed E-state index contributed by atoms with van der Waals surface area (Å²) in [6, 6.07) is 7.72. The highest BCUT2D eigenvalue weighted by molar-refractivity contribution is 7.98. The van der Waals surface area contributed by atoms with E-state index in [1.807, 2.05) is 37.4 Å². The Hall–Kier alpha value is -2.74. The number of hydrogen-bond donors (Lipinski definition) is 1. The quantitative estimate of drug-likeness (QED) is 0.231. The van der Waals surface area contributed by atoms with Gasteiger partial charge in [-0.05, 0) is 94.6 Å². The number of hydrogen-bond acceptors (Lipinski definition) is 6. The second-order valence-corrected chi connectivity index (χ2v) is 14.0. The van der Waals surface area contributed by atoms with Crippen molar-refractivity contribution in [2.45, 2.75) is 90.2 Å². The Morgan fingerprint density at radius 2 is 1.64 bits per heavy atom. The first-order chi connectivity index (χ1) is 19.8. The third-order valence-electron chi connectivity index (χ3n) is 9.56. The van der Waals surface area contributed by atoms with E-state index in [0.29, 0.717) is 36.8 Å². The van der Waals surface area contributed by atoms with Crippen LogP contribution >= 0.6 is 11.8 Å². The number of amides is 1. The molecule has 2 unspecified atom stereocenters. The molecule has 1 aliphatic heterocycles. The van der Waals surface area contributed by atoms with Crippen LogP contribution in [0.15, 0.2) is 52.1 Å². The molecule has 230 valence electrons. The van der Waals surface area contributed by atoms with E-state index in [-0.39, 0.29) is 41.7 Å². The lowest BCUT2D eigenvalue weighted by Gasteiger charge is -2.35. The van der Waals surface area contributed by atoms with Crippen LogP contribution in [0.4, 0.5) is 4.79 Å². The fourth-order valence-corrected chi connectivity index (χ4v) is 6.89. The van der Waals surface area contributed by atoms with Crippen LogP contribution in [-0.4, -0.2) is 58.9 Å². The number of likely N-dealkylation sites (tertiary alicyclic amines) is 1. The number of nitrogens with zero attached hydrogens (tertiary/aromatic N) is 1. The van der Waals surface area contributed by atoms with Crippen molar-refractivity contribution in [3.63, 3.8) is 0 Å². The molecule has 0 bridgehead atoms. The minimum atomic E-state index is -1.33. The number of carbonyl (C=O) groups excluding carboxylic acids is 2. The van der Waals surface area contributed by atoms with Gasteiger partial charge in [0.1, 0.15) is 11.9 Å². The summed E-state index contributed by atoms with van der Waals surface area (Å²) in [5, 5.41) is 9.60. The minimum absolute atomic E-state index is 0.0203. The average molecular weight is 598 g/mol. The standard InChI is InChI=1S/C34H47NO6S/c1-20-8-12-27(13-9-20)40-33(39)35-18-26(29(19-35)30(36)24-10-14-28(42-7)15-11-24)17-25-16-21(2)31(23(4)22(25)3)41-34(5,6)32(37)38/h10-11,14-16,20,22-23,26-27,29H,8-9,12-13,17-19H2,1-7H3,(H,37,38)/t20?,22?,23?,26-,27?,29-/m0/s1. The lowest BCUT2D eigenvalue weighted by atomic mass is 9.75. The summed E-state index contributed by atoms with van der Waals surface area (Å²) < 4.78 is 12.0. The van der Waals surface area contributed by atoms with Gasteiger partial charge in [0, 0.05) is 35.4 Å². The number of ketones is 1. The lowest BCUT2D eigenvalue weighted by molar-refractivity contribution is -0.157. The molecule has 1 aromatic rings. The zero-order valence-electron chi connectivity index (χ0n) is 26.1. The highest BCUT2D eigenvalue weighted by Crippen LogP contribution is 2.42. The lowest BCUT2D eigenvalue weighted by Crippen LogP contribution is -2.37. The zero-order chi connectivity index (χ0) is 30.8. The van der Waals surface area contributed by atoms with Crippen LogP contribution in [-0.2, 0) is 14.3 Å². The van der Waals surface area contributed by atoms with Crippen molar-refractivity contribution < 1.29 is 29.0 Å². The number of carbonyl (C=O) groups is 3. The van der Waals surface area contributed by atoms with E-state index < -0.39 is 11.6 Å². The molecule has 2 aliphatic carbocycles. The molecule has 8 heteroatoms. The van der Waals surface area contributed by atoms with Gasteiger partial charge in [-0.2, -0.15) is 0 Å². The molecule has 2 fully saturated rings. The molecule has 1 heterocycles. The summed E-state index contributed by atoms with van der Waals surface area (Å²) in [5.41, 5.74) is 1.43. The van der Waals surface area contributed by atoms with Gasteiger partial charge in [0.25, 0.3) is 0 Å². The number of Topliss-reactive ketones (excluding diaryl/α,β-unsaturated/α-hetero) is 1. The number of allylic oxidation sites excluding steroid dienone is 4. The first-order valence-corrected chi connectivity index (χ1v) is 16.5. The maximum absolute atomic E-state index is 13.9. The molecule has 7 nitrogen and oxygen atoms in total. The van der Waals surface area contributed by atoms with Crippen LogP contribution in [0.25, 0.3) is 0 Å². The summed E-state index contributed by atoms with van der Waals surface area (Å²) in [4.78, 5) is 41.8. The first kappa shape index (κ1) is 32.2. The molecule has 3 aliphatic rings. The Kier molecular flexibility index (Phi) is 10.2. The fourth-order valence-electron chi connectivity index (χ4n) is 6.49. The van der Waals surface area contributed by atoms with Crippen LogP contribution in [0, 0.1) is 29.6 Å². The van der Waals surface area contributed by atoms with Gasteiger partial charge in [0.05, 0.1) is 0 Å². The number of benzene rings is 1. The van der Waals surface area contributed by atoms with Crippen LogP contribution in [0.2, 0.25) is 0 Å². The average Bonchev–Trinajstić information content (AvgIpc) is 3.38. The largest absolute Gasteiger partial charge is 0.480 e. The van der Waals surface area contributed by atoms with Crippen molar-refractivity contribution in [2.75, 3.05) is 19.3 Å². The second-order valence-electron chi connectivity index (χ2n) is 13.1. The smallest absolute Gasteiger partial charge is 0.410 e. The van der Waals surface area contributed by atoms with Gasteiger partial charge in [-0.1, -0.05) is 44.6 Å². The molecule has 0 aromatic heterocycles. The maximum Gasteiger partial charge on any atom is 0.410 e. The third-order valence-corrected chi connectivity index (χ3v) is 10.3. The number of carboxylic acids is 1. The van der Waals surface area contributed by atoms with Crippen LogP contribution in [0.5, 0.6) is 0 Å². The van der Waals surface area contributed by atoms with Crippen molar-refractivity contribution in [3.8, 4) is 0 Å². The number of thioether (sulfide) groups is 1. The highest BCUT2D eigenvalue weighted by Gasteiger charge is 2.43. The fraction of sp³-hybridized carbons (Fsp3) is 0.618. The minimum Gasteiger partial charge on any atom is -0.480 e. The van der Waals surface area contributed by atoms with Gasteiger partial charge >= 0.3 is 12.1 Å². The third kappa shape index (κ3) is 7.24. The Morgan fingerprint density at radius 1 is 1.00 bits per heavy atom. The van der Waals surface area contributed by atoms with Crippen molar-refractivity contribution >= 4 is 29.6 Å². The van der Waals surface area contributed by atoms with Gasteiger partial charge in [0.2, 0.25) is 0 Å². The molecular formula is C34H47NO6S. The van der Waals surface area contributed by atoms with Gasteiger partial charge < -0.3 is 19.5 Å². The van der Waals surface area contributed by atoms with Crippen LogP contribution in [0.1, 0.15) is 84.0 Å². The number of aliphatic carboxylic acids is 1. The van der Waals surface area contributed by atoms with Crippen molar-refractivity contribution in [1.29, 1.82) is 0 Å². The predicted molar refractivity (Wildman–Crippen MR) is 166 cm³/mol. The van der Waals surface area contributed by atoms with E-state index in [9.17, 15) is 19.5 Å². The number of ether oxygens (including phenoxy) is 2. The van der Waals surface area contributed by atoms with E-state index in [4.69, 9.17) is 9.47 Å². The van der Waals surface area contributed by atoms with Crippen LogP contribution in [0.3, 0.4) is 0 Å². The Labute approximate surface area is 255 Å². The topological polar surface area (TPSA) is 93.1 Å². The molecule has 0 spiro atoms. The van der Waals surface area contributed by atoms with Gasteiger partial charge in [-0.3, -0.25) is 4.79 Å². The van der Waals surface area contributed by atoms with Gasteiger partial charge in [-0.15, -0.1) is 11.8 Å². The van der Waals surface area contributed by atoms with E-state index in [0.717, 1.165) is 36.2 Å². The Morgan fingerprint density at radius 3 is 2.24 bits per heavy atom. The molecule has 0 radical (unpaired) electrons. The van der Waals surface area contributed by atoms with Gasteiger partial charge in [0.15, 0.2) is 11.4 Å². The molecule has 1 amide bonds. The van der Waals surface area contributed by atoms with Gasteiger partial charge in [-0.25, -0.2) is 9.59 Å². The predicted octanol–water partition coefficient (Wildman–Crippen LogP) is 7.61. The number of carboxylic acid groups (broad SMARTS) is 1. The molecule has 1 saturated carbocycles. The summed E-state index contributed by atoms with van der Waals surface area (Å²) in [6.07, 6.45) is 8.34. The Bertz CT molecular complexity index is 1230. The molecule has 1 N–H and O–H groups in total. The molecule has 42 heavy (non-hydrogen) atoms. The summed E-state index contributed by atoms with van der Waals surface area (Å²) >= 11 is 1.64. The molecule has 4 rings (SSSR count). The molecule has 1 saturated heterocycles. The molecular weight excluding hydrogens is 550 g/mol. The summed E-state index contributed by atoms with van der Waals surface area (Å²) in [7, 11) is 0. The van der Waals surface area contributed by atoms with E-state index in [1.165, 1.54) is 5.57 Å². The highest BCUT2D eigenvalue weighted by atomic mass is 32.2. The van der Waals surface area contributed by atoms with Crippen molar-refractivity contribution in [2.24, 2.45) is 29.6 Å². The first-order valence-electron chi connectivity index (χ1n) is 15.3. The molecule has 1 aromatic carbocycles.